The van der Waals surface area contributed by atoms with Gasteiger partial charge >= 0.3 is 5.97 Å². The van der Waals surface area contributed by atoms with Gasteiger partial charge in [0.25, 0.3) is 0 Å². The number of carboxylic acids is 1. The minimum absolute atomic E-state index is 0.211. The maximum absolute atomic E-state index is 11.7. The van der Waals surface area contributed by atoms with Gasteiger partial charge in [-0.15, -0.1) is 0 Å². The van der Waals surface area contributed by atoms with Gasteiger partial charge in [-0.05, 0) is 19.3 Å². The quantitative estimate of drug-likeness (QED) is 0.687. The summed E-state index contributed by atoms with van der Waals surface area (Å²) in [7, 11) is 0. The van der Waals surface area contributed by atoms with Crippen LogP contribution in [0.2, 0.25) is 0 Å². The first-order valence-electron chi connectivity index (χ1n) is 4.79. The third-order valence-corrected chi connectivity index (χ3v) is 2.53. The number of rotatable bonds is 3. The Balaban J connectivity index is 2.72. The molecule has 1 heterocycles. The van der Waals surface area contributed by atoms with E-state index in [1.807, 2.05) is 6.92 Å². The predicted octanol–water partition coefficient (Wildman–Crippen LogP) is 1.03. The monoisotopic (exact) mass is 197 g/mol. The Kier molecular flexibility index (Phi) is 3.28. The number of hydrogen-bond acceptors (Lipinski definition) is 2. The Morgan fingerprint density at radius 3 is 2.71 bits per heavy atom. The fraction of sp³-hybridized carbons (Fsp3) is 0.600. The van der Waals surface area contributed by atoms with E-state index in [-0.39, 0.29) is 5.91 Å². The summed E-state index contributed by atoms with van der Waals surface area (Å²) in [4.78, 5) is 23.9. The van der Waals surface area contributed by atoms with Crippen molar-refractivity contribution in [2.75, 3.05) is 6.54 Å². The second-order valence-electron chi connectivity index (χ2n) is 3.45. The van der Waals surface area contributed by atoms with Crippen LogP contribution in [0, 0.1) is 0 Å². The highest BCUT2D eigenvalue weighted by molar-refractivity contribution is 5.95. The molecule has 4 heteroatoms. The molecule has 0 spiro atoms. The van der Waals surface area contributed by atoms with E-state index < -0.39 is 12.0 Å². The number of nitrogens with zero attached hydrogens (tertiary/aromatic N) is 1. The van der Waals surface area contributed by atoms with Gasteiger partial charge in [-0.1, -0.05) is 13.5 Å². The third-order valence-electron chi connectivity index (χ3n) is 2.53. The lowest BCUT2D eigenvalue weighted by Gasteiger charge is -2.21. The summed E-state index contributed by atoms with van der Waals surface area (Å²) in [6.07, 6.45) is 1.89. The first kappa shape index (κ1) is 10.8. The second kappa shape index (κ2) is 4.26. The maximum Gasteiger partial charge on any atom is 0.326 e. The summed E-state index contributed by atoms with van der Waals surface area (Å²) in [5.41, 5.74) is 0.484. The molecule has 0 saturated carbocycles. The fourth-order valence-corrected chi connectivity index (χ4v) is 1.62. The second-order valence-corrected chi connectivity index (χ2v) is 3.45. The van der Waals surface area contributed by atoms with Crippen molar-refractivity contribution in [2.24, 2.45) is 0 Å². The Morgan fingerprint density at radius 1 is 1.57 bits per heavy atom. The Bertz CT molecular complexity index is 273. The van der Waals surface area contributed by atoms with Gasteiger partial charge in [0.2, 0.25) is 5.91 Å². The maximum atomic E-state index is 11.7. The number of amides is 1. The van der Waals surface area contributed by atoms with Crippen LogP contribution in [-0.2, 0) is 9.59 Å². The number of hydrogen-bond donors (Lipinski definition) is 1. The van der Waals surface area contributed by atoms with Crippen LogP contribution >= 0.6 is 0 Å². The summed E-state index contributed by atoms with van der Waals surface area (Å²) >= 11 is 0. The molecule has 0 aromatic carbocycles. The van der Waals surface area contributed by atoms with Crippen molar-refractivity contribution in [2.45, 2.75) is 32.2 Å². The molecule has 0 aromatic rings. The van der Waals surface area contributed by atoms with E-state index in [9.17, 15) is 9.59 Å². The lowest BCUT2D eigenvalue weighted by molar-refractivity contribution is -0.146. The summed E-state index contributed by atoms with van der Waals surface area (Å²) in [5, 5.41) is 8.86. The number of carboxylic acid groups (broad SMARTS) is 1. The predicted molar refractivity (Wildman–Crippen MR) is 51.8 cm³/mol. The first-order valence-corrected chi connectivity index (χ1v) is 4.79. The van der Waals surface area contributed by atoms with Crippen molar-refractivity contribution in [3.05, 3.63) is 12.2 Å². The van der Waals surface area contributed by atoms with E-state index in [4.69, 9.17) is 5.11 Å². The number of aliphatic carboxylic acids is 1. The van der Waals surface area contributed by atoms with E-state index in [1.165, 1.54) is 4.90 Å². The van der Waals surface area contributed by atoms with Crippen LogP contribution in [0.5, 0.6) is 0 Å². The van der Waals surface area contributed by atoms with Crippen molar-refractivity contribution in [1.29, 1.82) is 0 Å². The van der Waals surface area contributed by atoms with E-state index in [0.29, 0.717) is 25.0 Å². The highest BCUT2D eigenvalue weighted by Crippen LogP contribution is 2.20. The van der Waals surface area contributed by atoms with Crippen LogP contribution in [0.3, 0.4) is 0 Å². The van der Waals surface area contributed by atoms with Gasteiger partial charge in [-0.3, -0.25) is 4.79 Å². The molecule has 4 nitrogen and oxygen atoms in total. The SMILES string of the molecule is C=C(CC)C(=O)N1CCC[C@H]1C(=O)O. The van der Waals surface area contributed by atoms with Crippen molar-refractivity contribution < 1.29 is 14.7 Å². The summed E-state index contributed by atoms with van der Waals surface area (Å²) in [5.74, 6) is -1.13. The van der Waals surface area contributed by atoms with Gasteiger partial charge in [0.05, 0.1) is 0 Å². The average Bonchev–Trinajstić information content (AvgIpc) is 2.63. The zero-order chi connectivity index (χ0) is 10.7. The zero-order valence-corrected chi connectivity index (χ0v) is 8.32. The lowest BCUT2D eigenvalue weighted by Crippen LogP contribution is -2.40. The van der Waals surface area contributed by atoms with E-state index in [0.717, 1.165) is 6.42 Å². The molecule has 0 unspecified atom stereocenters. The number of carbonyl (C=O) groups excluding carboxylic acids is 1. The van der Waals surface area contributed by atoms with Crippen molar-refractivity contribution in [3.63, 3.8) is 0 Å². The van der Waals surface area contributed by atoms with Crippen molar-refractivity contribution >= 4 is 11.9 Å². The summed E-state index contributed by atoms with van der Waals surface area (Å²) in [6.45, 7) is 6.00. The van der Waals surface area contributed by atoms with E-state index >= 15 is 0 Å². The number of carbonyl (C=O) groups is 2. The highest BCUT2D eigenvalue weighted by Gasteiger charge is 2.34. The van der Waals surface area contributed by atoms with Gasteiger partial charge in [-0.2, -0.15) is 0 Å². The van der Waals surface area contributed by atoms with E-state index in [2.05, 4.69) is 6.58 Å². The molecule has 1 amide bonds. The Labute approximate surface area is 83.2 Å². The normalized spacial score (nSPS) is 20.9. The van der Waals surface area contributed by atoms with Gasteiger partial charge < -0.3 is 10.0 Å². The summed E-state index contributed by atoms with van der Waals surface area (Å²) < 4.78 is 0. The number of likely N-dealkylation sites (tertiary alicyclic amines) is 1. The average molecular weight is 197 g/mol. The first-order chi connectivity index (χ1) is 6.57. The molecule has 0 aliphatic carbocycles. The molecule has 1 aliphatic heterocycles. The van der Waals surface area contributed by atoms with Gasteiger partial charge in [0, 0.05) is 12.1 Å². The van der Waals surface area contributed by atoms with Gasteiger partial charge in [0.15, 0.2) is 0 Å². The fourth-order valence-electron chi connectivity index (χ4n) is 1.62. The molecule has 0 radical (unpaired) electrons. The van der Waals surface area contributed by atoms with Crippen LogP contribution in [0.1, 0.15) is 26.2 Å². The largest absolute Gasteiger partial charge is 0.480 e. The standard InChI is InChI=1S/C10H15NO3/c1-3-7(2)9(12)11-6-4-5-8(11)10(13)14/h8H,2-6H2,1H3,(H,13,14)/t8-/m0/s1. The lowest BCUT2D eigenvalue weighted by atomic mass is 10.2. The molecule has 14 heavy (non-hydrogen) atoms. The molecule has 1 rings (SSSR count). The molecule has 0 aromatic heterocycles. The van der Waals surface area contributed by atoms with E-state index in [1.54, 1.807) is 0 Å². The molecular weight excluding hydrogens is 182 g/mol. The third kappa shape index (κ3) is 1.95. The molecule has 1 N–H and O–H groups in total. The highest BCUT2D eigenvalue weighted by atomic mass is 16.4. The minimum Gasteiger partial charge on any atom is -0.480 e. The van der Waals surface area contributed by atoms with Gasteiger partial charge in [-0.25, -0.2) is 4.79 Å². The minimum atomic E-state index is -0.917. The molecular formula is C10H15NO3. The van der Waals surface area contributed by atoms with Gasteiger partial charge in [0.1, 0.15) is 6.04 Å². The molecule has 0 bridgehead atoms. The van der Waals surface area contributed by atoms with Crippen LogP contribution in [-0.4, -0.2) is 34.5 Å². The summed E-state index contributed by atoms with van der Waals surface area (Å²) in [6, 6.07) is -0.647. The molecule has 1 atom stereocenters. The van der Waals surface area contributed by atoms with Crippen molar-refractivity contribution in [1.82, 2.24) is 4.90 Å². The topological polar surface area (TPSA) is 57.6 Å². The van der Waals surface area contributed by atoms with Crippen LogP contribution < -0.4 is 0 Å². The molecule has 78 valence electrons. The molecule has 1 saturated heterocycles. The zero-order valence-electron chi connectivity index (χ0n) is 8.32. The van der Waals surface area contributed by atoms with Crippen molar-refractivity contribution in [3.8, 4) is 0 Å². The smallest absolute Gasteiger partial charge is 0.326 e. The van der Waals surface area contributed by atoms with Crippen LogP contribution in [0.15, 0.2) is 12.2 Å². The Hall–Kier alpha value is -1.32. The Morgan fingerprint density at radius 2 is 2.21 bits per heavy atom. The van der Waals surface area contributed by atoms with Crippen LogP contribution in [0.4, 0.5) is 0 Å². The van der Waals surface area contributed by atoms with Crippen LogP contribution in [0.25, 0.3) is 0 Å². The molecule has 1 aliphatic rings. The molecule has 1 fully saturated rings.